The second-order valence-electron chi connectivity index (χ2n) is 10.4. The molecule has 3 heterocycles. The molecule has 36 heavy (non-hydrogen) atoms. The number of aryl methyl sites for hydroxylation is 2. The fourth-order valence-electron chi connectivity index (χ4n) is 4.90. The smallest absolute Gasteiger partial charge is 0.410 e. The van der Waals surface area contributed by atoms with Gasteiger partial charge in [-0.05, 0) is 75.4 Å². The van der Waals surface area contributed by atoms with Gasteiger partial charge in [-0.1, -0.05) is 35.6 Å². The van der Waals surface area contributed by atoms with Gasteiger partial charge in [-0.3, -0.25) is 0 Å². The molecule has 1 N–H and O–H groups in total. The van der Waals surface area contributed by atoms with Crippen LogP contribution in [-0.2, 0) is 11.3 Å². The molecule has 8 heteroatoms. The molecule has 2 aromatic carbocycles. The predicted molar refractivity (Wildman–Crippen MR) is 138 cm³/mol. The molecular weight excluding hydrogens is 457 g/mol. The number of halogens is 1. The van der Waals surface area contributed by atoms with Gasteiger partial charge in [0.25, 0.3) is 0 Å². The predicted octanol–water partition coefficient (Wildman–Crippen LogP) is 5.97. The number of benzene rings is 2. The number of hydrogen-bond donors (Lipinski definition) is 1. The second kappa shape index (κ2) is 9.41. The number of para-hydroxylation sites is 1. The third kappa shape index (κ3) is 4.85. The number of anilines is 1. The molecule has 5 rings (SSSR count). The molecule has 1 aromatic heterocycles. The molecule has 2 aliphatic rings. The van der Waals surface area contributed by atoms with Gasteiger partial charge < -0.3 is 15.0 Å². The molecular formula is C28H32FN5O2. The minimum absolute atomic E-state index is 0.0968. The monoisotopic (exact) mass is 489 g/mol. The number of carbonyl (C=O) groups excluding carboxylic acids is 1. The lowest BCUT2D eigenvalue weighted by molar-refractivity contribution is 0.0270. The first kappa shape index (κ1) is 24.0. The van der Waals surface area contributed by atoms with Crippen molar-refractivity contribution in [2.24, 2.45) is 0 Å². The van der Waals surface area contributed by atoms with Gasteiger partial charge in [-0.2, -0.15) is 0 Å². The number of amides is 1. The van der Waals surface area contributed by atoms with E-state index in [1.165, 1.54) is 11.6 Å². The highest BCUT2D eigenvalue weighted by molar-refractivity contribution is 5.76. The van der Waals surface area contributed by atoms with Crippen LogP contribution < -0.4 is 5.32 Å². The molecule has 0 aliphatic carbocycles. The minimum atomic E-state index is -0.516. The molecule has 0 saturated carbocycles. The largest absolute Gasteiger partial charge is 0.444 e. The molecule has 1 unspecified atom stereocenters. The number of hydrogen-bond acceptors (Lipinski definition) is 5. The Morgan fingerprint density at radius 3 is 2.69 bits per heavy atom. The first-order chi connectivity index (χ1) is 17.2. The summed E-state index contributed by atoms with van der Waals surface area (Å²) in [6.45, 7) is 9.39. The zero-order valence-corrected chi connectivity index (χ0v) is 21.2. The van der Waals surface area contributed by atoms with E-state index in [4.69, 9.17) is 4.74 Å². The molecule has 0 radical (unpaired) electrons. The van der Waals surface area contributed by atoms with Crippen LogP contribution in [-0.4, -0.2) is 44.7 Å². The standard InChI is InChI=1S/C28H32FN5O2/c1-18-26-21-10-9-20(19-11-14-33(15-12-19)27(35)36-28(2,3)4)17-22(21)24(13-16-34(26)32-31-18)30-25-8-6-5-7-23(25)29/h5-11,17,24,30H,12-16H2,1-4H3. The van der Waals surface area contributed by atoms with Crippen LogP contribution in [0.4, 0.5) is 14.9 Å². The number of rotatable bonds is 3. The average Bonchev–Trinajstić information content (AvgIpc) is 3.13. The van der Waals surface area contributed by atoms with Crippen LogP contribution in [0.1, 0.15) is 56.5 Å². The Hall–Kier alpha value is -3.68. The quantitative estimate of drug-likeness (QED) is 0.490. The van der Waals surface area contributed by atoms with Crippen molar-refractivity contribution >= 4 is 17.4 Å². The van der Waals surface area contributed by atoms with Gasteiger partial charge in [0, 0.05) is 25.2 Å². The lowest BCUT2D eigenvalue weighted by Crippen LogP contribution is -2.39. The first-order valence-electron chi connectivity index (χ1n) is 12.4. The maximum Gasteiger partial charge on any atom is 0.410 e. The second-order valence-corrected chi connectivity index (χ2v) is 10.4. The number of carbonyl (C=O) groups is 1. The normalized spacial score (nSPS) is 17.5. The highest BCUT2D eigenvalue weighted by Gasteiger charge is 2.28. The minimum Gasteiger partial charge on any atom is -0.444 e. The molecule has 0 bridgehead atoms. The topological polar surface area (TPSA) is 72.3 Å². The summed E-state index contributed by atoms with van der Waals surface area (Å²) in [6, 6.07) is 13.1. The van der Waals surface area contributed by atoms with Gasteiger partial charge >= 0.3 is 6.09 Å². The van der Waals surface area contributed by atoms with Crippen molar-refractivity contribution in [3.8, 4) is 11.3 Å². The van der Waals surface area contributed by atoms with Gasteiger partial charge in [0.1, 0.15) is 11.4 Å². The molecule has 1 amide bonds. The van der Waals surface area contributed by atoms with Gasteiger partial charge in [0.05, 0.1) is 23.1 Å². The fraction of sp³-hybridized carbons (Fsp3) is 0.393. The summed E-state index contributed by atoms with van der Waals surface area (Å²) in [4.78, 5) is 14.2. The van der Waals surface area contributed by atoms with E-state index < -0.39 is 5.60 Å². The lowest BCUT2D eigenvalue weighted by atomic mass is 9.90. The van der Waals surface area contributed by atoms with Crippen molar-refractivity contribution in [3.63, 3.8) is 0 Å². The molecule has 7 nitrogen and oxygen atoms in total. The molecule has 0 saturated heterocycles. The summed E-state index contributed by atoms with van der Waals surface area (Å²) in [6.07, 6.45) is 3.29. The van der Waals surface area contributed by atoms with E-state index in [2.05, 4.69) is 39.9 Å². The third-order valence-electron chi connectivity index (χ3n) is 6.65. The van der Waals surface area contributed by atoms with E-state index in [0.29, 0.717) is 25.3 Å². The van der Waals surface area contributed by atoms with Crippen molar-refractivity contribution < 1.29 is 13.9 Å². The first-order valence-corrected chi connectivity index (χ1v) is 12.4. The Labute approximate surface area is 210 Å². The lowest BCUT2D eigenvalue weighted by Gasteiger charge is -2.30. The Kier molecular flexibility index (Phi) is 6.28. The van der Waals surface area contributed by atoms with E-state index in [1.807, 2.05) is 38.4 Å². The van der Waals surface area contributed by atoms with Crippen LogP contribution in [0.25, 0.3) is 16.8 Å². The van der Waals surface area contributed by atoms with Gasteiger partial charge in [0.2, 0.25) is 0 Å². The fourth-order valence-corrected chi connectivity index (χ4v) is 4.90. The summed E-state index contributed by atoms with van der Waals surface area (Å²) in [5, 5.41) is 12.1. The zero-order valence-electron chi connectivity index (χ0n) is 21.2. The SMILES string of the molecule is Cc1nnn2c1-c1ccc(C3=CCN(C(=O)OC(C)(C)C)CC3)cc1C(Nc1ccccc1F)CC2. The Morgan fingerprint density at radius 2 is 1.97 bits per heavy atom. The van der Waals surface area contributed by atoms with E-state index in [0.717, 1.165) is 40.9 Å². The molecule has 2 aliphatic heterocycles. The molecule has 3 aromatic rings. The Bertz CT molecular complexity index is 1320. The summed E-state index contributed by atoms with van der Waals surface area (Å²) < 4.78 is 22.0. The average molecular weight is 490 g/mol. The maximum absolute atomic E-state index is 14.5. The molecule has 1 atom stereocenters. The number of nitrogens with zero attached hydrogens (tertiary/aromatic N) is 4. The summed E-state index contributed by atoms with van der Waals surface area (Å²) >= 11 is 0. The van der Waals surface area contributed by atoms with Gasteiger partial charge in [0.15, 0.2) is 0 Å². The van der Waals surface area contributed by atoms with E-state index in [9.17, 15) is 9.18 Å². The summed E-state index contributed by atoms with van der Waals surface area (Å²) in [5.41, 5.74) is 6.29. The van der Waals surface area contributed by atoms with Crippen molar-refractivity contribution in [1.29, 1.82) is 0 Å². The van der Waals surface area contributed by atoms with Crippen molar-refractivity contribution in [2.45, 2.75) is 58.7 Å². The van der Waals surface area contributed by atoms with Gasteiger partial charge in [-0.15, -0.1) is 5.10 Å². The van der Waals surface area contributed by atoms with Crippen LogP contribution in [0.15, 0.2) is 48.5 Å². The Balaban J connectivity index is 1.47. The highest BCUT2D eigenvalue weighted by atomic mass is 19.1. The third-order valence-corrected chi connectivity index (χ3v) is 6.65. The van der Waals surface area contributed by atoms with E-state index >= 15 is 0 Å². The van der Waals surface area contributed by atoms with Crippen molar-refractivity contribution in [1.82, 2.24) is 19.9 Å². The zero-order chi connectivity index (χ0) is 25.4. The van der Waals surface area contributed by atoms with Crippen LogP contribution in [0.5, 0.6) is 0 Å². The van der Waals surface area contributed by atoms with Crippen molar-refractivity contribution in [2.75, 3.05) is 18.4 Å². The Morgan fingerprint density at radius 1 is 1.17 bits per heavy atom. The number of aromatic nitrogens is 3. The highest BCUT2D eigenvalue weighted by Crippen LogP contribution is 2.39. The van der Waals surface area contributed by atoms with E-state index in [-0.39, 0.29) is 18.0 Å². The van der Waals surface area contributed by atoms with Crippen LogP contribution in [0.2, 0.25) is 0 Å². The molecule has 0 fully saturated rings. The number of ether oxygens (including phenoxy) is 1. The molecule has 188 valence electrons. The maximum atomic E-state index is 14.5. The van der Waals surface area contributed by atoms with Crippen LogP contribution in [0.3, 0.4) is 0 Å². The van der Waals surface area contributed by atoms with Crippen LogP contribution >= 0.6 is 0 Å². The van der Waals surface area contributed by atoms with Crippen molar-refractivity contribution in [3.05, 3.63) is 71.2 Å². The van der Waals surface area contributed by atoms with E-state index in [1.54, 1.807) is 17.0 Å². The summed E-state index contributed by atoms with van der Waals surface area (Å²) in [7, 11) is 0. The van der Waals surface area contributed by atoms with Crippen LogP contribution in [0, 0.1) is 12.7 Å². The van der Waals surface area contributed by atoms with Gasteiger partial charge in [-0.25, -0.2) is 13.9 Å². The number of nitrogens with one attached hydrogen (secondary N) is 1. The number of fused-ring (bicyclic) bond motifs is 3. The summed E-state index contributed by atoms with van der Waals surface area (Å²) in [5.74, 6) is -0.271. The molecule has 0 spiro atoms.